The van der Waals surface area contributed by atoms with E-state index in [1.807, 2.05) is 0 Å². The van der Waals surface area contributed by atoms with Crippen LogP contribution < -0.4 is 11.2 Å². The van der Waals surface area contributed by atoms with E-state index < -0.39 is 40.2 Å². The number of fused-ring (bicyclic) bond motifs is 1. The highest BCUT2D eigenvalue weighted by Crippen LogP contribution is 2.34. The average molecular weight is 366 g/mol. The Labute approximate surface area is 142 Å². The molecule has 134 valence electrons. The standard InChI is InChI=1S/C17H10F4N2O3/c18-9-1-2-14-12(5-9)15(25)13(16(22)26)7-23(14)10-3-8(17(19,20)21)4-11(24)6-10/h1-7,24H,(H2,22,26). The number of alkyl halides is 3. The van der Waals surface area contributed by atoms with E-state index in [2.05, 4.69) is 0 Å². The number of aromatic nitrogens is 1. The van der Waals surface area contributed by atoms with Gasteiger partial charge in [0.2, 0.25) is 5.43 Å². The third kappa shape index (κ3) is 2.99. The van der Waals surface area contributed by atoms with Gasteiger partial charge in [-0.3, -0.25) is 9.59 Å². The van der Waals surface area contributed by atoms with Crippen LogP contribution in [0.2, 0.25) is 0 Å². The van der Waals surface area contributed by atoms with Gasteiger partial charge in [-0.05, 0) is 30.3 Å². The van der Waals surface area contributed by atoms with Gasteiger partial charge >= 0.3 is 6.18 Å². The number of hydrogen-bond acceptors (Lipinski definition) is 3. The second-order valence-electron chi connectivity index (χ2n) is 5.50. The Morgan fingerprint density at radius 2 is 1.81 bits per heavy atom. The summed E-state index contributed by atoms with van der Waals surface area (Å²) in [6, 6.07) is 5.30. The first-order valence-electron chi connectivity index (χ1n) is 7.14. The molecule has 1 aromatic heterocycles. The summed E-state index contributed by atoms with van der Waals surface area (Å²) >= 11 is 0. The van der Waals surface area contributed by atoms with Gasteiger partial charge < -0.3 is 15.4 Å². The summed E-state index contributed by atoms with van der Waals surface area (Å²) in [5.41, 5.74) is 2.49. The monoisotopic (exact) mass is 366 g/mol. The molecule has 0 saturated carbocycles. The Hall–Kier alpha value is -3.36. The molecule has 3 rings (SSSR count). The minimum absolute atomic E-state index is 0.0418. The second-order valence-corrected chi connectivity index (χ2v) is 5.50. The molecule has 9 heteroatoms. The van der Waals surface area contributed by atoms with Crippen molar-refractivity contribution in [1.29, 1.82) is 0 Å². The van der Waals surface area contributed by atoms with Gasteiger partial charge in [0.05, 0.1) is 11.1 Å². The van der Waals surface area contributed by atoms with Crippen LogP contribution >= 0.6 is 0 Å². The number of carbonyl (C=O) groups excluding carboxylic acids is 1. The van der Waals surface area contributed by atoms with Crippen LogP contribution in [0.3, 0.4) is 0 Å². The van der Waals surface area contributed by atoms with Gasteiger partial charge in [-0.2, -0.15) is 13.2 Å². The molecule has 0 aliphatic rings. The second kappa shape index (κ2) is 5.87. The van der Waals surface area contributed by atoms with Crippen LogP contribution in [0.25, 0.3) is 16.6 Å². The zero-order valence-electron chi connectivity index (χ0n) is 12.8. The summed E-state index contributed by atoms with van der Waals surface area (Å²) in [5.74, 6) is -2.56. The first kappa shape index (κ1) is 17.5. The molecule has 1 heterocycles. The molecule has 0 fully saturated rings. The number of carbonyl (C=O) groups is 1. The van der Waals surface area contributed by atoms with E-state index in [1.165, 1.54) is 6.07 Å². The molecule has 3 N–H and O–H groups in total. The summed E-state index contributed by atoms with van der Waals surface area (Å²) < 4.78 is 53.6. The summed E-state index contributed by atoms with van der Waals surface area (Å²) in [6.07, 6.45) is -3.78. The lowest BCUT2D eigenvalue weighted by molar-refractivity contribution is -0.137. The van der Waals surface area contributed by atoms with E-state index in [0.717, 1.165) is 35.0 Å². The molecule has 0 aliphatic carbocycles. The van der Waals surface area contributed by atoms with Gasteiger partial charge in [-0.15, -0.1) is 0 Å². The van der Waals surface area contributed by atoms with Gasteiger partial charge in [0.25, 0.3) is 5.91 Å². The number of primary amides is 1. The highest BCUT2D eigenvalue weighted by atomic mass is 19.4. The minimum Gasteiger partial charge on any atom is -0.508 e. The normalized spacial score (nSPS) is 11.7. The topological polar surface area (TPSA) is 85.3 Å². The molecule has 0 unspecified atom stereocenters. The number of phenolic OH excluding ortho intramolecular Hbond substituents is 1. The molecule has 0 spiro atoms. The smallest absolute Gasteiger partial charge is 0.416 e. The van der Waals surface area contributed by atoms with Crippen molar-refractivity contribution in [2.75, 3.05) is 0 Å². The largest absolute Gasteiger partial charge is 0.508 e. The Morgan fingerprint density at radius 3 is 2.42 bits per heavy atom. The van der Waals surface area contributed by atoms with E-state index in [4.69, 9.17) is 5.73 Å². The highest BCUT2D eigenvalue weighted by Gasteiger charge is 2.31. The number of hydrogen-bond donors (Lipinski definition) is 2. The maximum absolute atomic E-state index is 13.5. The molecular formula is C17H10F4N2O3. The zero-order valence-corrected chi connectivity index (χ0v) is 12.8. The molecule has 0 radical (unpaired) electrons. The van der Waals surface area contributed by atoms with Crippen molar-refractivity contribution in [2.45, 2.75) is 6.18 Å². The van der Waals surface area contributed by atoms with E-state index in [9.17, 15) is 32.3 Å². The molecule has 0 aliphatic heterocycles. The maximum atomic E-state index is 13.5. The van der Waals surface area contributed by atoms with Crippen LogP contribution in [-0.2, 0) is 6.18 Å². The fraction of sp³-hybridized carbons (Fsp3) is 0.0588. The lowest BCUT2D eigenvalue weighted by atomic mass is 10.1. The highest BCUT2D eigenvalue weighted by molar-refractivity contribution is 5.96. The Bertz CT molecular complexity index is 1100. The number of halogens is 4. The summed E-state index contributed by atoms with van der Waals surface area (Å²) in [7, 11) is 0. The fourth-order valence-corrected chi connectivity index (χ4v) is 2.59. The predicted octanol–water partition coefficient (Wildman–Crippen LogP) is 2.95. The van der Waals surface area contributed by atoms with Crippen molar-refractivity contribution >= 4 is 16.8 Å². The number of phenols is 1. The number of pyridine rings is 1. The van der Waals surface area contributed by atoms with E-state index in [1.54, 1.807) is 0 Å². The minimum atomic E-state index is -4.74. The Morgan fingerprint density at radius 1 is 1.12 bits per heavy atom. The van der Waals surface area contributed by atoms with Crippen LogP contribution in [0.4, 0.5) is 17.6 Å². The molecular weight excluding hydrogens is 356 g/mol. The van der Waals surface area contributed by atoms with Crippen LogP contribution in [0, 0.1) is 5.82 Å². The molecule has 0 atom stereocenters. The van der Waals surface area contributed by atoms with Crippen molar-refractivity contribution in [3.8, 4) is 11.4 Å². The van der Waals surface area contributed by atoms with Crippen molar-refractivity contribution in [3.63, 3.8) is 0 Å². The maximum Gasteiger partial charge on any atom is 0.416 e. The summed E-state index contributed by atoms with van der Waals surface area (Å²) in [6.45, 7) is 0. The number of benzene rings is 2. The quantitative estimate of drug-likeness (QED) is 0.684. The molecule has 0 bridgehead atoms. The molecule has 0 saturated heterocycles. The van der Waals surface area contributed by atoms with Gasteiger partial charge in [-0.25, -0.2) is 4.39 Å². The number of amides is 1. The number of aromatic hydroxyl groups is 1. The van der Waals surface area contributed by atoms with Crippen molar-refractivity contribution in [3.05, 3.63) is 69.8 Å². The molecule has 5 nitrogen and oxygen atoms in total. The summed E-state index contributed by atoms with van der Waals surface area (Å²) in [5, 5.41) is 9.40. The van der Waals surface area contributed by atoms with Crippen LogP contribution in [0.5, 0.6) is 5.75 Å². The third-order valence-corrected chi connectivity index (χ3v) is 3.74. The Balaban J connectivity index is 2.42. The number of rotatable bonds is 2. The summed E-state index contributed by atoms with van der Waals surface area (Å²) in [4.78, 5) is 23.8. The van der Waals surface area contributed by atoms with Crippen LogP contribution in [0.1, 0.15) is 15.9 Å². The number of nitrogens with two attached hydrogens (primary N) is 1. The molecule has 3 aromatic rings. The fourth-order valence-electron chi connectivity index (χ4n) is 2.59. The van der Waals surface area contributed by atoms with Crippen LogP contribution in [0.15, 0.2) is 47.4 Å². The lowest BCUT2D eigenvalue weighted by Crippen LogP contribution is -2.24. The van der Waals surface area contributed by atoms with E-state index >= 15 is 0 Å². The van der Waals surface area contributed by atoms with Gasteiger partial charge in [0, 0.05) is 23.3 Å². The van der Waals surface area contributed by atoms with Crippen molar-refractivity contribution in [2.24, 2.45) is 5.73 Å². The van der Waals surface area contributed by atoms with E-state index in [-0.39, 0.29) is 16.6 Å². The first-order valence-corrected chi connectivity index (χ1v) is 7.14. The number of nitrogens with zero attached hydrogens (tertiary/aromatic N) is 1. The first-order chi connectivity index (χ1) is 12.1. The van der Waals surface area contributed by atoms with Gasteiger partial charge in [-0.1, -0.05) is 0 Å². The van der Waals surface area contributed by atoms with Gasteiger partial charge in [0.15, 0.2) is 0 Å². The predicted molar refractivity (Wildman–Crippen MR) is 84.7 cm³/mol. The molecule has 2 aromatic carbocycles. The molecule has 1 amide bonds. The third-order valence-electron chi connectivity index (χ3n) is 3.74. The lowest BCUT2D eigenvalue weighted by Gasteiger charge is -2.15. The Kier molecular flexibility index (Phi) is 3.94. The van der Waals surface area contributed by atoms with E-state index in [0.29, 0.717) is 6.07 Å². The van der Waals surface area contributed by atoms with Crippen molar-refractivity contribution < 1.29 is 27.5 Å². The van der Waals surface area contributed by atoms with Crippen molar-refractivity contribution in [1.82, 2.24) is 4.57 Å². The zero-order chi connectivity index (χ0) is 19.2. The SMILES string of the molecule is NC(=O)c1cn(-c2cc(O)cc(C(F)(F)F)c2)c2ccc(F)cc2c1=O. The molecule has 26 heavy (non-hydrogen) atoms. The average Bonchev–Trinajstić information content (AvgIpc) is 2.54. The van der Waals surface area contributed by atoms with Gasteiger partial charge in [0.1, 0.15) is 17.1 Å². The van der Waals surface area contributed by atoms with Crippen LogP contribution in [-0.4, -0.2) is 15.6 Å².